The van der Waals surface area contributed by atoms with Crippen LogP contribution in [0.25, 0.3) is 6.08 Å². The van der Waals surface area contributed by atoms with E-state index in [1.165, 1.54) is 4.88 Å². The highest BCUT2D eigenvalue weighted by atomic mass is 32.1. The van der Waals surface area contributed by atoms with Gasteiger partial charge in [-0.1, -0.05) is 0 Å². The number of hydrogen-bond donors (Lipinski definition) is 2. The fourth-order valence-corrected chi connectivity index (χ4v) is 2.10. The lowest BCUT2D eigenvalue weighted by Gasteiger charge is -1.98. The molecule has 17 heavy (non-hydrogen) atoms. The Labute approximate surface area is 103 Å². The maximum absolute atomic E-state index is 11.5. The van der Waals surface area contributed by atoms with Gasteiger partial charge in [0.15, 0.2) is 0 Å². The monoisotopic (exact) mass is 247 g/mol. The van der Waals surface area contributed by atoms with E-state index in [0.29, 0.717) is 6.54 Å². The molecule has 0 spiro atoms. The van der Waals surface area contributed by atoms with Crippen LogP contribution >= 0.6 is 11.3 Å². The van der Waals surface area contributed by atoms with Crippen LogP contribution in [0.2, 0.25) is 0 Å². The minimum absolute atomic E-state index is 0.106. The van der Waals surface area contributed by atoms with Crippen molar-refractivity contribution in [2.75, 3.05) is 0 Å². The smallest absolute Gasteiger partial charge is 0.244 e. The zero-order valence-electron chi connectivity index (χ0n) is 9.43. The molecule has 1 amide bonds. The minimum Gasteiger partial charge on any atom is -0.347 e. The zero-order valence-corrected chi connectivity index (χ0v) is 10.3. The second-order valence-corrected chi connectivity index (χ2v) is 4.90. The van der Waals surface area contributed by atoms with Gasteiger partial charge in [0.25, 0.3) is 0 Å². The molecule has 0 bridgehead atoms. The van der Waals surface area contributed by atoms with Crippen LogP contribution in [0.4, 0.5) is 0 Å². The molecule has 0 aliphatic carbocycles. The fourth-order valence-electron chi connectivity index (χ4n) is 1.32. The van der Waals surface area contributed by atoms with Gasteiger partial charge in [0.2, 0.25) is 5.91 Å². The second kappa shape index (κ2) is 5.45. The number of aryl methyl sites for hydroxylation is 1. The number of nitrogens with zero attached hydrogens (tertiary/aromatic N) is 1. The van der Waals surface area contributed by atoms with Crippen LogP contribution in [0.5, 0.6) is 0 Å². The lowest BCUT2D eigenvalue weighted by molar-refractivity contribution is -0.116. The van der Waals surface area contributed by atoms with Gasteiger partial charge in [-0.25, -0.2) is 4.98 Å². The molecule has 2 aromatic rings. The van der Waals surface area contributed by atoms with Crippen LogP contribution in [0.1, 0.15) is 15.4 Å². The van der Waals surface area contributed by atoms with E-state index in [4.69, 9.17) is 0 Å². The van der Waals surface area contributed by atoms with Gasteiger partial charge < -0.3 is 10.3 Å². The number of rotatable bonds is 4. The molecule has 2 N–H and O–H groups in total. The third kappa shape index (κ3) is 3.57. The summed E-state index contributed by atoms with van der Waals surface area (Å²) in [7, 11) is 0. The summed E-state index contributed by atoms with van der Waals surface area (Å²) in [6, 6.07) is 4.03. The van der Waals surface area contributed by atoms with Crippen LogP contribution in [-0.4, -0.2) is 15.9 Å². The van der Waals surface area contributed by atoms with E-state index in [1.54, 1.807) is 29.9 Å². The standard InChI is InChI=1S/C12H13N3OS/c1-9-2-3-11(17-9)4-5-12(16)14-7-10-6-13-8-15-10/h2-6,8H,7H2,1H3,(H,13,15)(H,14,16). The first-order valence-corrected chi connectivity index (χ1v) is 6.05. The molecule has 0 aromatic carbocycles. The van der Waals surface area contributed by atoms with Gasteiger partial charge in [0.05, 0.1) is 18.6 Å². The van der Waals surface area contributed by atoms with Crippen LogP contribution in [0.15, 0.2) is 30.7 Å². The van der Waals surface area contributed by atoms with Crippen LogP contribution < -0.4 is 5.32 Å². The topological polar surface area (TPSA) is 57.8 Å². The molecule has 2 aromatic heterocycles. The molecule has 0 unspecified atom stereocenters. The average Bonchev–Trinajstić information content (AvgIpc) is 2.95. The lowest BCUT2D eigenvalue weighted by Crippen LogP contribution is -2.20. The van der Waals surface area contributed by atoms with E-state index in [9.17, 15) is 4.79 Å². The summed E-state index contributed by atoms with van der Waals surface area (Å²) in [5, 5.41) is 2.77. The van der Waals surface area contributed by atoms with E-state index in [2.05, 4.69) is 15.3 Å². The first-order valence-electron chi connectivity index (χ1n) is 5.23. The predicted octanol–water partition coefficient (Wildman–Crippen LogP) is 2.11. The Morgan fingerprint density at radius 3 is 3.12 bits per heavy atom. The zero-order chi connectivity index (χ0) is 12.1. The Morgan fingerprint density at radius 2 is 2.47 bits per heavy atom. The molecule has 0 fully saturated rings. The Bertz CT molecular complexity index is 514. The maximum Gasteiger partial charge on any atom is 0.244 e. The molecule has 2 rings (SSSR count). The third-order valence-corrected chi connectivity index (χ3v) is 3.13. The molecule has 0 atom stereocenters. The highest BCUT2D eigenvalue weighted by Crippen LogP contribution is 2.16. The number of aromatic nitrogens is 2. The van der Waals surface area contributed by atoms with Crippen molar-refractivity contribution < 1.29 is 4.79 Å². The number of amides is 1. The average molecular weight is 247 g/mol. The largest absolute Gasteiger partial charge is 0.347 e. The Hall–Kier alpha value is -1.88. The van der Waals surface area contributed by atoms with Gasteiger partial charge in [-0.2, -0.15) is 0 Å². The summed E-state index contributed by atoms with van der Waals surface area (Å²) in [5.41, 5.74) is 0.888. The second-order valence-electron chi connectivity index (χ2n) is 3.58. The van der Waals surface area contributed by atoms with E-state index in [1.807, 2.05) is 25.1 Å². The van der Waals surface area contributed by atoms with Gasteiger partial charge in [-0.15, -0.1) is 11.3 Å². The van der Waals surface area contributed by atoms with Gasteiger partial charge in [-0.05, 0) is 25.1 Å². The van der Waals surface area contributed by atoms with E-state index < -0.39 is 0 Å². The number of aromatic amines is 1. The molecule has 5 heteroatoms. The SMILES string of the molecule is Cc1ccc(C=CC(=O)NCc2cnc[nH]2)s1. The number of nitrogens with one attached hydrogen (secondary N) is 2. The van der Waals surface area contributed by atoms with Crippen molar-refractivity contribution in [2.45, 2.75) is 13.5 Å². The van der Waals surface area contributed by atoms with Gasteiger partial charge in [-0.3, -0.25) is 4.79 Å². The van der Waals surface area contributed by atoms with Gasteiger partial charge in [0.1, 0.15) is 0 Å². The first kappa shape index (κ1) is 11.6. The number of carbonyl (C=O) groups is 1. The summed E-state index contributed by atoms with van der Waals surface area (Å²) >= 11 is 1.66. The number of hydrogen-bond acceptors (Lipinski definition) is 3. The van der Waals surface area contributed by atoms with Crippen molar-refractivity contribution in [3.05, 3.63) is 46.2 Å². The molecule has 0 saturated carbocycles. The van der Waals surface area contributed by atoms with Crippen LogP contribution in [0.3, 0.4) is 0 Å². The molecule has 0 radical (unpaired) electrons. The normalized spacial score (nSPS) is 10.9. The van der Waals surface area contributed by atoms with Crippen molar-refractivity contribution in [1.82, 2.24) is 15.3 Å². The maximum atomic E-state index is 11.5. The van der Waals surface area contributed by atoms with Gasteiger partial charge in [0, 0.05) is 22.0 Å². The van der Waals surface area contributed by atoms with E-state index >= 15 is 0 Å². The van der Waals surface area contributed by atoms with Crippen molar-refractivity contribution >= 4 is 23.3 Å². The summed E-state index contributed by atoms with van der Waals surface area (Å²) in [6.07, 6.45) is 6.64. The number of H-pyrrole nitrogens is 1. The Morgan fingerprint density at radius 1 is 1.59 bits per heavy atom. The highest BCUT2D eigenvalue weighted by Gasteiger charge is 1.98. The molecule has 2 heterocycles. The molecule has 88 valence electrons. The summed E-state index contributed by atoms with van der Waals surface area (Å²) in [6.45, 7) is 2.51. The number of thiophene rings is 1. The highest BCUT2D eigenvalue weighted by molar-refractivity contribution is 7.12. The van der Waals surface area contributed by atoms with Crippen molar-refractivity contribution in [3.63, 3.8) is 0 Å². The van der Waals surface area contributed by atoms with Crippen molar-refractivity contribution in [1.29, 1.82) is 0 Å². The van der Waals surface area contributed by atoms with Crippen molar-refractivity contribution in [2.24, 2.45) is 0 Å². The fraction of sp³-hybridized carbons (Fsp3) is 0.167. The lowest BCUT2D eigenvalue weighted by atomic mass is 10.4. The summed E-state index contributed by atoms with van der Waals surface area (Å²) in [5.74, 6) is -0.106. The minimum atomic E-state index is -0.106. The quantitative estimate of drug-likeness (QED) is 0.813. The van der Waals surface area contributed by atoms with E-state index in [-0.39, 0.29) is 5.91 Å². The predicted molar refractivity (Wildman–Crippen MR) is 68.5 cm³/mol. The molecular formula is C12H13N3OS. The summed E-state index contributed by atoms with van der Waals surface area (Å²) < 4.78 is 0. The first-order chi connectivity index (χ1) is 8.24. The van der Waals surface area contributed by atoms with Crippen LogP contribution in [0, 0.1) is 6.92 Å². The number of imidazole rings is 1. The van der Waals surface area contributed by atoms with E-state index in [0.717, 1.165) is 10.6 Å². The molecule has 0 aliphatic rings. The Balaban J connectivity index is 1.83. The van der Waals surface area contributed by atoms with Crippen molar-refractivity contribution in [3.8, 4) is 0 Å². The molecule has 0 aliphatic heterocycles. The molecular weight excluding hydrogens is 234 g/mol. The third-order valence-electron chi connectivity index (χ3n) is 2.17. The Kier molecular flexibility index (Phi) is 3.72. The number of carbonyl (C=O) groups excluding carboxylic acids is 1. The molecule has 0 saturated heterocycles. The van der Waals surface area contributed by atoms with Crippen LogP contribution in [-0.2, 0) is 11.3 Å². The van der Waals surface area contributed by atoms with Gasteiger partial charge >= 0.3 is 0 Å². The summed E-state index contributed by atoms with van der Waals surface area (Å²) in [4.78, 5) is 20.6. The molecule has 4 nitrogen and oxygen atoms in total.